The quantitative estimate of drug-likeness (QED) is 0.297. The lowest BCUT2D eigenvalue weighted by Crippen LogP contribution is -2.50. The van der Waals surface area contributed by atoms with Gasteiger partial charge in [0.25, 0.3) is 0 Å². The summed E-state index contributed by atoms with van der Waals surface area (Å²) in [5, 5.41) is 11.1. The highest BCUT2D eigenvalue weighted by atomic mass is 35.5. The van der Waals surface area contributed by atoms with Crippen molar-refractivity contribution < 1.29 is 37.4 Å². The molecular weight excluding hydrogens is 624 g/mol. The van der Waals surface area contributed by atoms with Crippen molar-refractivity contribution in [3.63, 3.8) is 0 Å². The second-order valence-electron chi connectivity index (χ2n) is 12.2. The number of pyridine rings is 1. The second-order valence-corrected chi connectivity index (χ2v) is 12.7. The molecule has 14 heteroatoms. The van der Waals surface area contributed by atoms with Gasteiger partial charge in [0.1, 0.15) is 47.2 Å². The Morgan fingerprint density at radius 3 is 2.85 bits per heavy atom. The Morgan fingerprint density at radius 1 is 1.20 bits per heavy atom. The summed E-state index contributed by atoms with van der Waals surface area (Å²) in [5.74, 6) is -1.70. The van der Waals surface area contributed by atoms with Gasteiger partial charge < -0.3 is 28.8 Å². The number of hydrogen-bond acceptors (Lipinski definition) is 9. The first-order valence-electron chi connectivity index (χ1n) is 15.4. The molecule has 2 fully saturated rings. The predicted octanol–water partition coefficient (Wildman–Crippen LogP) is 5.06. The van der Waals surface area contributed by atoms with Crippen molar-refractivity contribution in [2.75, 3.05) is 37.7 Å². The highest BCUT2D eigenvalue weighted by Gasteiger charge is 2.47. The second kappa shape index (κ2) is 11.9. The molecule has 0 unspecified atom stereocenters. The summed E-state index contributed by atoms with van der Waals surface area (Å²) >= 11 is 6.30. The van der Waals surface area contributed by atoms with Gasteiger partial charge in [0, 0.05) is 62.5 Å². The summed E-state index contributed by atoms with van der Waals surface area (Å²) in [6.45, 7) is 2.36. The SMILES string of the molecule is C[C@H]1CN2CC[C@]1(F)c1cc(Cl)cnc1O[C@H]1C[C@@H](C(=O)O)N(C1)c1nc(nc3c1oc1cc(F)ccc13)CCCCOCC2=O. The number of hydrogen-bond donors (Lipinski definition) is 1. The molecule has 4 atom stereocenters. The first-order chi connectivity index (χ1) is 22.1. The van der Waals surface area contributed by atoms with E-state index in [0.29, 0.717) is 42.6 Å². The molecule has 1 aromatic carbocycles. The number of benzene rings is 1. The average Bonchev–Trinajstić information content (AvgIpc) is 3.61. The molecule has 0 spiro atoms. The van der Waals surface area contributed by atoms with Gasteiger partial charge in [0.2, 0.25) is 11.8 Å². The van der Waals surface area contributed by atoms with Crippen LogP contribution in [0.3, 0.4) is 0 Å². The van der Waals surface area contributed by atoms with Crippen LogP contribution in [0.15, 0.2) is 34.9 Å². The highest BCUT2D eigenvalue weighted by Crippen LogP contribution is 2.46. The first-order valence-corrected chi connectivity index (χ1v) is 15.7. The smallest absolute Gasteiger partial charge is 0.326 e. The number of halogens is 3. The zero-order valence-corrected chi connectivity index (χ0v) is 25.8. The lowest BCUT2D eigenvalue weighted by molar-refractivity contribution is -0.141. The highest BCUT2D eigenvalue weighted by molar-refractivity contribution is 6.30. The van der Waals surface area contributed by atoms with E-state index in [1.807, 2.05) is 0 Å². The normalized spacial score (nSPS) is 25.9. The molecule has 4 aliphatic rings. The van der Waals surface area contributed by atoms with Gasteiger partial charge in [-0.15, -0.1) is 0 Å². The van der Waals surface area contributed by atoms with Crippen LogP contribution in [0.1, 0.15) is 44.0 Å². The molecule has 2 saturated heterocycles. The number of carbonyl (C=O) groups is 2. The van der Waals surface area contributed by atoms with Gasteiger partial charge in [0.05, 0.1) is 17.1 Å². The number of anilines is 1. The molecule has 46 heavy (non-hydrogen) atoms. The minimum Gasteiger partial charge on any atom is -0.480 e. The van der Waals surface area contributed by atoms with Crippen molar-refractivity contribution in [2.45, 2.75) is 56.8 Å². The Bertz CT molecular complexity index is 1840. The fraction of sp³-hybridized carbons (Fsp3) is 0.469. The minimum atomic E-state index is -1.91. The number of aromatic nitrogens is 3. The van der Waals surface area contributed by atoms with E-state index < -0.39 is 35.5 Å². The largest absolute Gasteiger partial charge is 0.480 e. The van der Waals surface area contributed by atoms with E-state index in [9.17, 15) is 19.1 Å². The number of alkyl halides is 1. The standard InChI is InChI=1S/C32H32ClF2N5O6/c1-17-14-39-8-7-32(17,35)22-10-18(33)13-36-30(22)45-20-12-23(31(42)43)40(15-20)29-28-27(21-6-5-19(34)11-24(21)46-28)37-25(38-29)4-2-3-9-44-16-26(39)41/h5-6,10-11,13,17,20,23H,2-4,7-9,12,14-16H2,1H3,(H,42,43)/t17-,20-,23-,32+/m0/s1. The molecule has 6 bridgehead atoms. The fourth-order valence-corrected chi connectivity index (χ4v) is 6.91. The minimum absolute atomic E-state index is 0.00116. The van der Waals surface area contributed by atoms with Crippen molar-refractivity contribution in [3.05, 3.63) is 52.7 Å². The van der Waals surface area contributed by atoms with Gasteiger partial charge in [0.15, 0.2) is 11.4 Å². The number of carboxylic acids is 1. The van der Waals surface area contributed by atoms with E-state index in [1.165, 1.54) is 24.4 Å². The number of amides is 1. The molecule has 1 N–H and O–H groups in total. The van der Waals surface area contributed by atoms with Crippen molar-refractivity contribution in [3.8, 4) is 5.88 Å². The summed E-state index contributed by atoms with van der Waals surface area (Å²) < 4.78 is 49.1. The molecule has 3 aromatic heterocycles. The summed E-state index contributed by atoms with van der Waals surface area (Å²) in [7, 11) is 0. The van der Waals surface area contributed by atoms with E-state index in [2.05, 4.69) is 4.98 Å². The number of aliphatic carboxylic acids is 1. The van der Waals surface area contributed by atoms with Gasteiger partial charge in [-0.2, -0.15) is 0 Å². The molecule has 7 heterocycles. The maximum atomic E-state index is 17.0. The zero-order chi connectivity index (χ0) is 32.2. The van der Waals surface area contributed by atoms with E-state index in [4.69, 9.17) is 35.5 Å². The molecule has 8 rings (SSSR count). The van der Waals surface area contributed by atoms with Gasteiger partial charge >= 0.3 is 5.97 Å². The van der Waals surface area contributed by atoms with Crippen LogP contribution in [0.5, 0.6) is 5.88 Å². The van der Waals surface area contributed by atoms with Crippen LogP contribution in [-0.2, 0) is 26.4 Å². The molecule has 0 saturated carbocycles. The number of ether oxygens (including phenoxy) is 2. The number of carboxylic acid groups (broad SMARTS) is 1. The maximum Gasteiger partial charge on any atom is 0.326 e. The molecular formula is C32H32ClF2N5O6. The molecule has 1 amide bonds. The lowest BCUT2D eigenvalue weighted by atomic mass is 9.78. The molecule has 0 radical (unpaired) electrons. The van der Waals surface area contributed by atoms with Crippen LogP contribution in [0.25, 0.3) is 22.1 Å². The molecule has 242 valence electrons. The van der Waals surface area contributed by atoms with Gasteiger partial charge in [-0.05, 0) is 31.0 Å². The van der Waals surface area contributed by atoms with Crippen LogP contribution in [0, 0.1) is 11.7 Å². The monoisotopic (exact) mass is 655 g/mol. The number of aryl methyl sites for hydroxylation is 1. The Morgan fingerprint density at radius 2 is 2.04 bits per heavy atom. The Hall–Kier alpha value is -4.10. The van der Waals surface area contributed by atoms with Crippen molar-refractivity contribution in [1.82, 2.24) is 19.9 Å². The zero-order valence-electron chi connectivity index (χ0n) is 25.0. The number of piperidine rings is 1. The summed E-state index contributed by atoms with van der Waals surface area (Å²) in [6, 6.07) is 4.56. The molecule has 11 nitrogen and oxygen atoms in total. The number of furan rings is 1. The van der Waals surface area contributed by atoms with Crippen molar-refractivity contribution in [2.24, 2.45) is 5.92 Å². The van der Waals surface area contributed by atoms with Crippen LogP contribution in [0.2, 0.25) is 5.02 Å². The first kappa shape index (κ1) is 30.5. The van der Waals surface area contributed by atoms with Gasteiger partial charge in [-0.25, -0.2) is 28.5 Å². The molecule has 4 aromatic rings. The summed E-state index contributed by atoms with van der Waals surface area (Å²) in [5.41, 5.74) is -0.829. The van der Waals surface area contributed by atoms with Crippen LogP contribution >= 0.6 is 11.6 Å². The predicted molar refractivity (Wildman–Crippen MR) is 163 cm³/mol. The van der Waals surface area contributed by atoms with E-state index in [-0.39, 0.29) is 78.4 Å². The third kappa shape index (κ3) is 5.49. The lowest BCUT2D eigenvalue weighted by Gasteiger charge is -2.42. The van der Waals surface area contributed by atoms with Gasteiger partial charge in [-0.3, -0.25) is 4.79 Å². The Labute approximate surface area is 267 Å². The molecule has 4 aliphatic heterocycles. The fourth-order valence-electron chi connectivity index (χ4n) is 6.76. The van der Waals surface area contributed by atoms with E-state index >= 15 is 4.39 Å². The maximum absolute atomic E-state index is 17.0. The summed E-state index contributed by atoms with van der Waals surface area (Å²) in [4.78, 5) is 42.6. The number of rotatable bonds is 1. The van der Waals surface area contributed by atoms with Crippen molar-refractivity contribution in [1.29, 1.82) is 0 Å². The van der Waals surface area contributed by atoms with E-state index in [1.54, 1.807) is 22.8 Å². The average molecular weight is 656 g/mol. The molecule has 0 aliphatic carbocycles. The number of carbonyl (C=O) groups excluding carboxylic acids is 1. The van der Waals surface area contributed by atoms with E-state index in [0.717, 1.165) is 0 Å². The van der Waals surface area contributed by atoms with Crippen molar-refractivity contribution >= 4 is 51.4 Å². The Kier molecular flexibility index (Phi) is 7.92. The number of fused-ring (bicyclic) bond motifs is 11. The topological polar surface area (TPSA) is 131 Å². The third-order valence-corrected chi connectivity index (χ3v) is 9.41. The number of nitrogens with zero attached hydrogens (tertiary/aromatic N) is 5. The van der Waals surface area contributed by atoms with Gasteiger partial charge in [-0.1, -0.05) is 18.5 Å². The third-order valence-electron chi connectivity index (χ3n) is 9.21. The Balaban J connectivity index is 1.32. The van der Waals surface area contributed by atoms with Crippen LogP contribution in [0.4, 0.5) is 14.6 Å². The van der Waals surface area contributed by atoms with Crippen LogP contribution < -0.4 is 9.64 Å². The van der Waals surface area contributed by atoms with Crippen LogP contribution in [-0.4, -0.2) is 81.8 Å². The summed E-state index contributed by atoms with van der Waals surface area (Å²) in [6.07, 6.45) is 2.38.